The van der Waals surface area contributed by atoms with Crippen LogP contribution < -0.4 is 20.3 Å². The maximum atomic E-state index is 13.5. The normalized spacial score (nSPS) is 19.8. The molecule has 39 heavy (non-hydrogen) atoms. The van der Waals surface area contributed by atoms with Crippen LogP contribution in [0.5, 0.6) is 11.8 Å². The van der Waals surface area contributed by atoms with Crippen LogP contribution in [0.2, 0.25) is 0 Å². The Balaban J connectivity index is 1.43. The molecule has 3 N–H and O–H groups in total. The molecule has 0 spiro atoms. The minimum absolute atomic E-state index is 0.0112. The summed E-state index contributed by atoms with van der Waals surface area (Å²) in [5.74, 6) is 0.224. The lowest BCUT2D eigenvalue weighted by Crippen LogP contribution is -2.51. The summed E-state index contributed by atoms with van der Waals surface area (Å²) in [7, 11) is 0. The van der Waals surface area contributed by atoms with E-state index in [0.29, 0.717) is 50.2 Å². The Bertz CT molecular complexity index is 1370. The number of aromatic hydroxyl groups is 1. The highest BCUT2D eigenvalue weighted by molar-refractivity contribution is 6.09. The van der Waals surface area contributed by atoms with Crippen LogP contribution in [0, 0.1) is 11.3 Å². The minimum Gasteiger partial charge on any atom is -0.508 e. The molecule has 3 aromatic rings. The number of hydrogen-bond acceptors (Lipinski definition) is 9. The third-order valence-electron chi connectivity index (χ3n) is 7.43. The molecule has 3 heterocycles. The number of nitriles is 1. The lowest BCUT2D eigenvalue weighted by atomic mass is 10.1. The Kier molecular flexibility index (Phi) is 8.10. The predicted molar refractivity (Wildman–Crippen MR) is 150 cm³/mol. The van der Waals surface area contributed by atoms with Crippen molar-refractivity contribution in [3.8, 4) is 17.8 Å². The summed E-state index contributed by atoms with van der Waals surface area (Å²) < 4.78 is 6.13. The number of phenols is 1. The van der Waals surface area contributed by atoms with Crippen LogP contribution in [0.3, 0.4) is 0 Å². The van der Waals surface area contributed by atoms with Crippen molar-refractivity contribution in [2.24, 2.45) is 0 Å². The molecule has 5 rings (SSSR count). The van der Waals surface area contributed by atoms with E-state index < -0.39 is 5.91 Å². The standard InChI is InChI=1S/C29H35N7O3/c1-19(2)36-12-5-7-22(36)18-39-29-33-26(16-27(34-29)35-13-11-31-21(17-35)9-10-30)28(38)32-25-15-23(37)14-20-6-3-4-8-24(20)25/h3-4,6,8,14-16,19,21-22,31,37H,5,7,9,11-13,17-18H2,1-2H3,(H,32,38)/t21-,22-/m0/s1. The SMILES string of the molecule is CC(C)N1CCC[C@H]1COc1nc(C(=O)Nc2cc(O)cc3ccccc23)cc(N2CCN[C@@H](CC#N)C2)n1. The first-order chi connectivity index (χ1) is 18.9. The molecule has 204 valence electrons. The first kappa shape index (κ1) is 26.7. The number of ether oxygens (including phenoxy) is 1. The number of aromatic nitrogens is 2. The molecule has 2 fully saturated rings. The molecule has 0 radical (unpaired) electrons. The lowest BCUT2D eigenvalue weighted by Gasteiger charge is -2.33. The van der Waals surface area contributed by atoms with Gasteiger partial charge < -0.3 is 25.4 Å². The molecule has 0 unspecified atom stereocenters. The van der Waals surface area contributed by atoms with E-state index in [-0.39, 0.29) is 29.5 Å². The van der Waals surface area contributed by atoms with E-state index >= 15 is 0 Å². The fourth-order valence-electron chi connectivity index (χ4n) is 5.51. The van der Waals surface area contributed by atoms with Gasteiger partial charge in [0.05, 0.1) is 18.2 Å². The summed E-state index contributed by atoms with van der Waals surface area (Å²) in [4.78, 5) is 27.2. The van der Waals surface area contributed by atoms with Crippen molar-refractivity contribution in [2.75, 3.05) is 43.0 Å². The van der Waals surface area contributed by atoms with E-state index in [1.54, 1.807) is 12.1 Å². The maximum absolute atomic E-state index is 13.5. The molecule has 10 heteroatoms. The van der Waals surface area contributed by atoms with E-state index in [1.807, 2.05) is 24.3 Å². The van der Waals surface area contributed by atoms with Gasteiger partial charge in [0, 0.05) is 55.3 Å². The molecule has 2 saturated heterocycles. The van der Waals surface area contributed by atoms with Crippen molar-refractivity contribution >= 4 is 28.2 Å². The quantitative estimate of drug-likeness (QED) is 0.402. The van der Waals surface area contributed by atoms with Gasteiger partial charge in [-0.25, -0.2) is 0 Å². The maximum Gasteiger partial charge on any atom is 0.319 e. The average Bonchev–Trinajstić information content (AvgIpc) is 3.41. The highest BCUT2D eigenvalue weighted by Crippen LogP contribution is 2.29. The van der Waals surface area contributed by atoms with Crippen molar-refractivity contribution in [3.63, 3.8) is 0 Å². The van der Waals surface area contributed by atoms with E-state index in [2.05, 4.69) is 50.3 Å². The van der Waals surface area contributed by atoms with Gasteiger partial charge >= 0.3 is 6.01 Å². The number of nitrogens with zero attached hydrogens (tertiary/aromatic N) is 5. The van der Waals surface area contributed by atoms with E-state index in [4.69, 9.17) is 4.74 Å². The van der Waals surface area contributed by atoms with Crippen molar-refractivity contribution in [2.45, 2.75) is 51.2 Å². The number of carbonyl (C=O) groups is 1. The zero-order chi connectivity index (χ0) is 27.4. The van der Waals surface area contributed by atoms with Crippen molar-refractivity contribution in [3.05, 3.63) is 48.2 Å². The highest BCUT2D eigenvalue weighted by Gasteiger charge is 2.28. The summed E-state index contributed by atoms with van der Waals surface area (Å²) >= 11 is 0. The molecular formula is C29H35N7O3. The number of amides is 1. The molecule has 2 aromatic carbocycles. The summed E-state index contributed by atoms with van der Waals surface area (Å²) in [5.41, 5.74) is 0.665. The smallest absolute Gasteiger partial charge is 0.319 e. The Morgan fingerprint density at radius 1 is 1.26 bits per heavy atom. The summed E-state index contributed by atoms with van der Waals surface area (Å²) in [6.07, 6.45) is 2.55. The Morgan fingerprint density at radius 2 is 2.10 bits per heavy atom. The predicted octanol–water partition coefficient (Wildman–Crippen LogP) is 3.53. The number of phenolic OH excluding ortho intramolecular Hbond substituents is 1. The van der Waals surface area contributed by atoms with Crippen molar-refractivity contribution in [1.29, 1.82) is 5.26 Å². The molecule has 2 atom stereocenters. The van der Waals surface area contributed by atoms with E-state index in [0.717, 1.165) is 30.2 Å². The van der Waals surface area contributed by atoms with Gasteiger partial charge in [0.1, 0.15) is 23.9 Å². The molecular weight excluding hydrogens is 494 g/mol. The third-order valence-corrected chi connectivity index (χ3v) is 7.43. The zero-order valence-corrected chi connectivity index (χ0v) is 22.4. The number of hydrogen-bond donors (Lipinski definition) is 3. The molecule has 0 bridgehead atoms. The van der Waals surface area contributed by atoms with Crippen molar-refractivity contribution in [1.82, 2.24) is 20.2 Å². The number of likely N-dealkylation sites (tertiary alicyclic amines) is 1. The van der Waals surface area contributed by atoms with Crippen LogP contribution in [0.4, 0.5) is 11.5 Å². The van der Waals surface area contributed by atoms with Gasteiger partial charge in [0.15, 0.2) is 0 Å². The summed E-state index contributed by atoms with van der Waals surface area (Å²) in [6.45, 7) is 7.83. The number of anilines is 2. The number of carbonyl (C=O) groups excluding carboxylic acids is 1. The van der Waals surface area contributed by atoms with E-state index in [9.17, 15) is 15.2 Å². The first-order valence-electron chi connectivity index (χ1n) is 13.6. The number of nitrogens with one attached hydrogen (secondary N) is 2. The third kappa shape index (κ3) is 6.21. The molecule has 1 aromatic heterocycles. The fourth-order valence-corrected chi connectivity index (χ4v) is 5.51. The number of rotatable bonds is 8. The van der Waals surface area contributed by atoms with Gasteiger partial charge in [-0.2, -0.15) is 15.2 Å². The number of piperazine rings is 1. The number of benzene rings is 2. The topological polar surface area (TPSA) is 127 Å². The average molecular weight is 530 g/mol. The molecule has 0 aliphatic carbocycles. The molecule has 2 aliphatic rings. The summed E-state index contributed by atoms with van der Waals surface area (Å²) in [6, 6.07) is 15.5. The van der Waals surface area contributed by atoms with Gasteiger partial charge in [-0.3, -0.25) is 9.69 Å². The van der Waals surface area contributed by atoms with Crippen LogP contribution in [-0.2, 0) is 0 Å². The first-order valence-corrected chi connectivity index (χ1v) is 13.6. The highest BCUT2D eigenvalue weighted by atomic mass is 16.5. The zero-order valence-electron chi connectivity index (χ0n) is 22.4. The van der Waals surface area contributed by atoms with Crippen LogP contribution >= 0.6 is 0 Å². The Labute approximate surface area is 228 Å². The molecule has 2 aliphatic heterocycles. The summed E-state index contributed by atoms with van der Waals surface area (Å²) in [5, 5.41) is 27.3. The second-order valence-corrected chi connectivity index (χ2v) is 10.5. The molecule has 0 saturated carbocycles. The van der Waals surface area contributed by atoms with E-state index in [1.165, 1.54) is 6.07 Å². The van der Waals surface area contributed by atoms with Crippen LogP contribution in [0.25, 0.3) is 10.8 Å². The van der Waals surface area contributed by atoms with Gasteiger partial charge in [-0.15, -0.1) is 0 Å². The van der Waals surface area contributed by atoms with Gasteiger partial charge in [-0.1, -0.05) is 24.3 Å². The van der Waals surface area contributed by atoms with Gasteiger partial charge in [0.2, 0.25) is 0 Å². The van der Waals surface area contributed by atoms with Crippen LogP contribution in [0.1, 0.15) is 43.6 Å². The molecule has 10 nitrogen and oxygen atoms in total. The number of fused-ring (bicyclic) bond motifs is 1. The van der Waals surface area contributed by atoms with Gasteiger partial charge in [0.25, 0.3) is 5.91 Å². The second-order valence-electron chi connectivity index (χ2n) is 10.5. The Morgan fingerprint density at radius 3 is 2.92 bits per heavy atom. The second kappa shape index (κ2) is 11.8. The van der Waals surface area contributed by atoms with Crippen LogP contribution in [0.15, 0.2) is 42.5 Å². The minimum atomic E-state index is -0.423. The van der Waals surface area contributed by atoms with Crippen LogP contribution in [-0.4, -0.2) is 76.8 Å². The monoisotopic (exact) mass is 529 g/mol. The lowest BCUT2D eigenvalue weighted by molar-refractivity contribution is 0.101. The van der Waals surface area contributed by atoms with Crippen molar-refractivity contribution < 1.29 is 14.6 Å². The Hall–Kier alpha value is -3.94. The van der Waals surface area contributed by atoms with Gasteiger partial charge in [-0.05, 0) is 44.7 Å². The molecule has 1 amide bonds. The largest absolute Gasteiger partial charge is 0.508 e. The fraction of sp³-hybridized carbons (Fsp3) is 0.448.